The van der Waals surface area contributed by atoms with Crippen LogP contribution in [0.4, 0.5) is 11.5 Å². The molecule has 1 aromatic carbocycles. The molecule has 0 saturated carbocycles. The van der Waals surface area contributed by atoms with Crippen molar-refractivity contribution in [1.82, 2.24) is 14.9 Å². The van der Waals surface area contributed by atoms with Gasteiger partial charge < -0.3 is 20.5 Å². The molecule has 2 aromatic rings. The topological polar surface area (TPSA) is 99.6 Å². The summed E-state index contributed by atoms with van der Waals surface area (Å²) in [6, 6.07) is 3.83. The van der Waals surface area contributed by atoms with Gasteiger partial charge in [-0.3, -0.25) is 9.69 Å². The first-order chi connectivity index (χ1) is 15.4. The van der Waals surface area contributed by atoms with Gasteiger partial charge in [-0.25, -0.2) is 9.97 Å². The molecule has 9 heteroatoms. The lowest BCUT2D eigenvalue weighted by molar-refractivity contribution is -0.111. The lowest BCUT2D eigenvalue weighted by Gasteiger charge is -2.17. The molecule has 168 valence electrons. The second kappa shape index (κ2) is 9.68. The molecule has 32 heavy (non-hydrogen) atoms. The lowest BCUT2D eigenvalue weighted by Crippen LogP contribution is -2.23. The number of allylic oxidation sites excluding steroid dienone is 1. The molecule has 2 heterocycles. The van der Waals surface area contributed by atoms with Gasteiger partial charge >= 0.3 is 0 Å². The summed E-state index contributed by atoms with van der Waals surface area (Å²) >= 11 is 6.08. The van der Waals surface area contributed by atoms with Crippen molar-refractivity contribution in [2.45, 2.75) is 31.4 Å². The Labute approximate surface area is 191 Å². The van der Waals surface area contributed by atoms with E-state index in [0.29, 0.717) is 39.6 Å². The number of aromatic nitrogens is 2. The summed E-state index contributed by atoms with van der Waals surface area (Å²) in [6.07, 6.45) is 10.4. The predicted molar refractivity (Wildman–Crippen MR) is 126 cm³/mol. The maximum atomic E-state index is 12.6. The second-order valence-electron chi connectivity index (χ2n) is 7.90. The number of halogens is 1. The van der Waals surface area contributed by atoms with Crippen LogP contribution in [-0.2, 0) is 4.79 Å². The smallest absolute Gasteiger partial charge is 0.248 e. The number of ether oxygens (including phenoxy) is 1. The predicted octanol–water partition coefficient (Wildman–Crippen LogP) is 3.41. The normalized spacial score (nSPS) is 21.5. The van der Waals surface area contributed by atoms with E-state index in [-0.39, 0.29) is 11.9 Å². The molecule has 2 aliphatic rings. The molecule has 1 amide bonds. The van der Waals surface area contributed by atoms with E-state index < -0.39 is 6.10 Å². The maximum absolute atomic E-state index is 12.6. The Kier molecular flexibility index (Phi) is 6.74. The molecule has 1 aliphatic heterocycles. The molecular weight excluding hydrogens is 430 g/mol. The number of likely N-dealkylation sites (tertiary alicyclic amines) is 1. The number of carbonyl (C=O) groups is 1. The number of likely N-dealkylation sites (N-methyl/N-ethyl adjacent to an activating group) is 1. The van der Waals surface area contributed by atoms with E-state index in [1.807, 2.05) is 12.2 Å². The third-order valence-corrected chi connectivity index (χ3v) is 6.06. The average Bonchev–Trinajstić information content (AvgIpc) is 3.19. The number of hydrogen-bond acceptors (Lipinski definition) is 7. The van der Waals surface area contributed by atoms with Crippen LogP contribution in [0.25, 0.3) is 10.9 Å². The number of anilines is 2. The molecule has 1 aliphatic carbocycles. The number of nitrogens with zero attached hydrogens (tertiary/aromatic N) is 3. The highest BCUT2D eigenvalue weighted by Crippen LogP contribution is 2.33. The van der Waals surface area contributed by atoms with Crippen LogP contribution >= 0.6 is 11.6 Å². The van der Waals surface area contributed by atoms with E-state index in [1.54, 1.807) is 31.4 Å². The van der Waals surface area contributed by atoms with Gasteiger partial charge in [-0.2, -0.15) is 0 Å². The molecule has 4 rings (SSSR count). The van der Waals surface area contributed by atoms with Crippen LogP contribution < -0.4 is 15.4 Å². The van der Waals surface area contributed by atoms with Gasteiger partial charge in [-0.05, 0) is 45.0 Å². The summed E-state index contributed by atoms with van der Waals surface area (Å²) in [5.74, 6) is 0.831. The van der Waals surface area contributed by atoms with Crippen molar-refractivity contribution in [2.75, 3.05) is 31.3 Å². The molecule has 1 saturated heterocycles. The molecule has 3 N–H and O–H groups in total. The van der Waals surface area contributed by atoms with Crippen molar-refractivity contribution in [1.29, 1.82) is 0 Å². The lowest BCUT2D eigenvalue weighted by atomic mass is 10.1. The zero-order valence-electron chi connectivity index (χ0n) is 18.0. The van der Waals surface area contributed by atoms with Crippen molar-refractivity contribution in [3.8, 4) is 5.75 Å². The van der Waals surface area contributed by atoms with Crippen molar-refractivity contribution in [3.05, 3.63) is 53.5 Å². The average molecular weight is 456 g/mol. The van der Waals surface area contributed by atoms with Gasteiger partial charge in [0.15, 0.2) is 0 Å². The molecule has 2 atom stereocenters. The second-order valence-corrected chi connectivity index (χ2v) is 8.33. The van der Waals surface area contributed by atoms with Gasteiger partial charge in [0.05, 0.1) is 24.4 Å². The zero-order chi connectivity index (χ0) is 22.7. The van der Waals surface area contributed by atoms with Crippen molar-refractivity contribution in [2.24, 2.45) is 0 Å². The van der Waals surface area contributed by atoms with Gasteiger partial charge in [0.2, 0.25) is 5.91 Å². The number of carbonyl (C=O) groups excluding carboxylic acids is 1. The molecule has 1 unspecified atom stereocenters. The van der Waals surface area contributed by atoms with E-state index in [1.165, 1.54) is 6.33 Å². The quantitative estimate of drug-likeness (QED) is 0.574. The Balaban J connectivity index is 1.59. The number of methoxy groups -OCH3 is 1. The fraction of sp³-hybridized carbons (Fsp3) is 0.348. The van der Waals surface area contributed by atoms with Gasteiger partial charge in [-0.1, -0.05) is 23.8 Å². The number of nitrogens with one attached hydrogen (secondary N) is 2. The minimum Gasteiger partial charge on any atom is -0.494 e. The maximum Gasteiger partial charge on any atom is 0.248 e. The number of rotatable bonds is 6. The van der Waals surface area contributed by atoms with E-state index in [0.717, 1.165) is 25.1 Å². The Morgan fingerprint density at radius 3 is 2.94 bits per heavy atom. The van der Waals surface area contributed by atoms with Crippen LogP contribution in [0.2, 0.25) is 0 Å². The van der Waals surface area contributed by atoms with E-state index in [9.17, 15) is 9.90 Å². The number of aliphatic hydroxyl groups excluding tert-OH is 1. The van der Waals surface area contributed by atoms with Crippen molar-refractivity contribution < 1.29 is 14.6 Å². The number of fused-ring (bicyclic) bond motifs is 1. The fourth-order valence-electron chi connectivity index (χ4n) is 3.88. The first kappa shape index (κ1) is 22.3. The third kappa shape index (κ3) is 4.93. The minimum absolute atomic E-state index is 0.229. The van der Waals surface area contributed by atoms with Crippen LogP contribution in [0.5, 0.6) is 5.75 Å². The van der Waals surface area contributed by atoms with E-state index >= 15 is 0 Å². The number of aliphatic hydroxyl groups is 1. The standard InChI is InChI=1S/C23H26ClN5O3/c1-29-9-3-4-15(29)6-8-22(31)28-19-11-16-18(12-21(19)32-2)25-13-26-23(16)27-14-5-7-20(30)17(24)10-14/h5-6,8,10-13,15,20,30H,3-4,7,9H2,1-2H3,(H,28,31)(H,25,26,27)/b8-6+/t15-,20?/m1/s1. The zero-order valence-corrected chi connectivity index (χ0v) is 18.8. The van der Waals surface area contributed by atoms with Crippen molar-refractivity contribution >= 4 is 39.9 Å². The summed E-state index contributed by atoms with van der Waals surface area (Å²) in [6.45, 7) is 1.04. The Morgan fingerprint density at radius 1 is 1.38 bits per heavy atom. The van der Waals surface area contributed by atoms with Crippen LogP contribution in [0, 0.1) is 0 Å². The number of hydrogen-bond donors (Lipinski definition) is 3. The third-order valence-electron chi connectivity index (χ3n) is 5.70. The summed E-state index contributed by atoms with van der Waals surface area (Å²) in [7, 11) is 3.61. The molecule has 0 spiro atoms. The molecule has 0 radical (unpaired) electrons. The van der Waals surface area contributed by atoms with Crippen molar-refractivity contribution in [3.63, 3.8) is 0 Å². The summed E-state index contributed by atoms with van der Waals surface area (Å²) in [4.78, 5) is 23.5. The molecular formula is C23H26ClN5O3. The Bertz CT molecular complexity index is 1110. The van der Waals surface area contributed by atoms with E-state index in [2.05, 4.69) is 32.5 Å². The van der Waals surface area contributed by atoms with E-state index in [4.69, 9.17) is 16.3 Å². The van der Waals surface area contributed by atoms with Gasteiger partial charge in [0.1, 0.15) is 17.9 Å². The van der Waals surface area contributed by atoms with Crippen LogP contribution in [0.15, 0.2) is 53.5 Å². The highest BCUT2D eigenvalue weighted by molar-refractivity contribution is 6.30. The molecule has 0 bridgehead atoms. The first-order valence-electron chi connectivity index (χ1n) is 10.5. The number of amides is 1. The molecule has 8 nitrogen and oxygen atoms in total. The van der Waals surface area contributed by atoms with Gasteiger partial charge in [-0.15, -0.1) is 0 Å². The Morgan fingerprint density at radius 2 is 2.22 bits per heavy atom. The Hall–Kier alpha value is -2.94. The highest BCUT2D eigenvalue weighted by atomic mass is 35.5. The van der Waals surface area contributed by atoms with Crippen LogP contribution in [0.3, 0.4) is 0 Å². The van der Waals surface area contributed by atoms with Crippen LogP contribution in [0.1, 0.15) is 19.3 Å². The number of benzene rings is 1. The van der Waals surface area contributed by atoms with Crippen LogP contribution in [-0.4, -0.2) is 58.7 Å². The van der Waals surface area contributed by atoms with Gasteiger partial charge in [0, 0.05) is 34.3 Å². The van der Waals surface area contributed by atoms with Gasteiger partial charge in [0.25, 0.3) is 0 Å². The minimum atomic E-state index is -0.687. The monoisotopic (exact) mass is 455 g/mol. The molecule has 1 aromatic heterocycles. The SMILES string of the molecule is COc1cc2ncnc(NC3=CCC(O)C(Cl)=C3)c2cc1NC(=O)/C=C/[C@H]1CCCN1C. The summed E-state index contributed by atoms with van der Waals surface area (Å²) in [5, 5.41) is 17.0. The highest BCUT2D eigenvalue weighted by Gasteiger charge is 2.19. The largest absolute Gasteiger partial charge is 0.494 e. The summed E-state index contributed by atoms with van der Waals surface area (Å²) < 4.78 is 5.47. The fourth-order valence-corrected chi connectivity index (χ4v) is 4.09. The molecule has 1 fully saturated rings. The first-order valence-corrected chi connectivity index (χ1v) is 10.9. The summed E-state index contributed by atoms with van der Waals surface area (Å²) in [5.41, 5.74) is 1.91.